The van der Waals surface area contributed by atoms with Gasteiger partial charge in [0.15, 0.2) is 0 Å². The molecule has 5 heteroatoms. The van der Waals surface area contributed by atoms with Gasteiger partial charge in [-0.2, -0.15) is 10.5 Å². The highest BCUT2D eigenvalue weighted by atomic mass is 15.1. The molecule has 0 N–H and O–H groups in total. The van der Waals surface area contributed by atoms with Crippen LogP contribution in [0.5, 0.6) is 0 Å². The molecule has 11 aromatic rings. The Balaban J connectivity index is 1.13. The molecule has 0 aliphatic heterocycles. The van der Waals surface area contributed by atoms with Crippen LogP contribution >= 0.6 is 0 Å². The summed E-state index contributed by atoms with van der Waals surface area (Å²) in [5.74, 6) is 0. The van der Waals surface area contributed by atoms with Crippen LogP contribution in [-0.2, 0) is 0 Å². The summed E-state index contributed by atoms with van der Waals surface area (Å²) in [7, 11) is 0. The summed E-state index contributed by atoms with van der Waals surface area (Å²) in [4.78, 5) is 0. The number of hydrogen-bond donors (Lipinski definition) is 0. The standard InChI is InChI=1S/C50H29N5/c51-30-32-20-27-48-43(28-32)40-13-4-8-18-47(40)55(48)49-19-9-14-41-39-12-3-7-17-46(39)54(50(41)49)36-26-23-34(31-52)42(29-36)33-21-24-35(25-22-33)53-44-15-5-1-10-37(44)38-11-2-6-16-45(38)53/h1-29H. The maximum atomic E-state index is 10.4. The Morgan fingerprint density at radius 1 is 0.364 bits per heavy atom. The number of fused-ring (bicyclic) bond motifs is 9. The molecular weight excluding hydrogens is 671 g/mol. The molecule has 8 aromatic carbocycles. The Kier molecular flexibility index (Phi) is 6.61. The monoisotopic (exact) mass is 699 g/mol. The number of benzene rings is 8. The third-order valence-corrected chi connectivity index (χ3v) is 11.1. The zero-order valence-electron chi connectivity index (χ0n) is 29.5. The van der Waals surface area contributed by atoms with E-state index in [0.717, 1.165) is 82.8 Å². The lowest BCUT2D eigenvalue weighted by molar-refractivity contribution is 1.13. The maximum absolute atomic E-state index is 10.4. The van der Waals surface area contributed by atoms with Crippen molar-refractivity contribution in [2.24, 2.45) is 0 Å². The molecule has 0 spiro atoms. The van der Waals surface area contributed by atoms with Crippen LogP contribution in [0.15, 0.2) is 176 Å². The third-order valence-electron chi connectivity index (χ3n) is 11.1. The van der Waals surface area contributed by atoms with Crippen molar-refractivity contribution in [1.29, 1.82) is 10.5 Å². The smallest absolute Gasteiger partial charge is 0.0998 e. The molecular formula is C50H29N5. The quantitative estimate of drug-likeness (QED) is 0.184. The lowest BCUT2D eigenvalue weighted by Crippen LogP contribution is -2.01. The van der Waals surface area contributed by atoms with Crippen molar-refractivity contribution < 1.29 is 0 Å². The summed E-state index contributed by atoms with van der Waals surface area (Å²) in [5.41, 5.74) is 12.7. The van der Waals surface area contributed by atoms with Crippen LogP contribution in [-0.4, -0.2) is 13.7 Å². The highest BCUT2D eigenvalue weighted by Crippen LogP contribution is 2.41. The Hall–Kier alpha value is -7.86. The minimum atomic E-state index is 0.616. The highest BCUT2D eigenvalue weighted by Gasteiger charge is 2.21. The average molecular weight is 700 g/mol. The first-order chi connectivity index (χ1) is 27.2. The molecule has 0 saturated heterocycles. The predicted molar refractivity (Wildman–Crippen MR) is 224 cm³/mol. The first-order valence-electron chi connectivity index (χ1n) is 18.3. The van der Waals surface area contributed by atoms with E-state index >= 15 is 0 Å². The van der Waals surface area contributed by atoms with Crippen LogP contribution in [0.3, 0.4) is 0 Å². The molecule has 5 nitrogen and oxygen atoms in total. The molecule has 0 unspecified atom stereocenters. The topological polar surface area (TPSA) is 62.4 Å². The van der Waals surface area contributed by atoms with Gasteiger partial charge in [-0.15, -0.1) is 0 Å². The van der Waals surface area contributed by atoms with E-state index in [-0.39, 0.29) is 0 Å². The van der Waals surface area contributed by atoms with Crippen LogP contribution in [0.1, 0.15) is 11.1 Å². The molecule has 0 fully saturated rings. The second-order valence-electron chi connectivity index (χ2n) is 14.0. The zero-order chi connectivity index (χ0) is 36.6. The molecule has 0 bridgehead atoms. The molecule has 0 saturated carbocycles. The van der Waals surface area contributed by atoms with E-state index in [9.17, 15) is 10.5 Å². The second-order valence-corrected chi connectivity index (χ2v) is 14.0. The normalized spacial score (nSPS) is 11.6. The molecule has 0 aliphatic carbocycles. The molecule has 55 heavy (non-hydrogen) atoms. The lowest BCUT2D eigenvalue weighted by Gasteiger charge is -2.16. The fourth-order valence-electron chi connectivity index (χ4n) is 8.75. The summed E-state index contributed by atoms with van der Waals surface area (Å²) in [6.45, 7) is 0. The van der Waals surface area contributed by atoms with E-state index in [1.54, 1.807) is 0 Å². The van der Waals surface area contributed by atoms with Crippen LogP contribution < -0.4 is 0 Å². The van der Waals surface area contributed by atoms with Gasteiger partial charge in [-0.1, -0.05) is 97.1 Å². The SMILES string of the molecule is N#Cc1ccc2c(c1)c1ccccc1n2-c1cccc2c3ccccc3n(-c3ccc(C#N)c(-c4ccc(-n5c6ccccc6c6ccccc65)cc4)c3)c12. The molecule has 0 atom stereocenters. The van der Waals surface area contributed by atoms with Crippen LogP contribution in [0.2, 0.25) is 0 Å². The number of para-hydroxylation sites is 5. The third kappa shape index (κ3) is 4.45. The van der Waals surface area contributed by atoms with Gasteiger partial charge in [0.25, 0.3) is 0 Å². The van der Waals surface area contributed by atoms with E-state index in [1.807, 2.05) is 18.2 Å². The van der Waals surface area contributed by atoms with Gasteiger partial charge in [0.1, 0.15) is 0 Å². The van der Waals surface area contributed by atoms with Gasteiger partial charge in [-0.25, -0.2) is 0 Å². The van der Waals surface area contributed by atoms with E-state index < -0.39 is 0 Å². The summed E-state index contributed by atoms with van der Waals surface area (Å²) in [6.07, 6.45) is 0. The van der Waals surface area contributed by atoms with Crippen LogP contribution in [0.25, 0.3) is 93.6 Å². The van der Waals surface area contributed by atoms with Gasteiger partial charge >= 0.3 is 0 Å². The number of aromatic nitrogens is 3. The Morgan fingerprint density at radius 2 is 0.891 bits per heavy atom. The van der Waals surface area contributed by atoms with Gasteiger partial charge in [0, 0.05) is 49.3 Å². The largest absolute Gasteiger partial charge is 0.309 e. The van der Waals surface area contributed by atoms with Gasteiger partial charge in [0.05, 0.1) is 62.1 Å². The minimum Gasteiger partial charge on any atom is -0.309 e. The molecule has 0 amide bonds. The van der Waals surface area contributed by atoms with Crippen LogP contribution in [0.4, 0.5) is 0 Å². The highest BCUT2D eigenvalue weighted by molar-refractivity contribution is 6.15. The predicted octanol–water partition coefficient (Wildman–Crippen LogP) is 12.4. The molecule has 0 radical (unpaired) electrons. The minimum absolute atomic E-state index is 0.616. The fraction of sp³-hybridized carbons (Fsp3) is 0. The van der Waals surface area contributed by atoms with E-state index in [0.29, 0.717) is 11.1 Å². The summed E-state index contributed by atoms with van der Waals surface area (Å²) in [5, 5.41) is 27.0. The van der Waals surface area contributed by atoms with Gasteiger partial charge in [-0.05, 0) is 84.4 Å². The van der Waals surface area contributed by atoms with Crippen LogP contribution in [0, 0.1) is 22.7 Å². The first-order valence-corrected chi connectivity index (χ1v) is 18.3. The Bertz CT molecular complexity index is 3400. The number of nitriles is 2. The zero-order valence-corrected chi connectivity index (χ0v) is 29.5. The molecule has 11 rings (SSSR count). The van der Waals surface area contributed by atoms with Crippen molar-refractivity contribution in [1.82, 2.24) is 13.7 Å². The van der Waals surface area contributed by atoms with Crippen molar-refractivity contribution in [3.8, 4) is 40.3 Å². The van der Waals surface area contributed by atoms with Crippen molar-refractivity contribution in [3.05, 3.63) is 187 Å². The first kappa shape index (κ1) is 30.7. The Labute approximate surface area is 316 Å². The lowest BCUT2D eigenvalue weighted by atomic mass is 9.99. The summed E-state index contributed by atoms with van der Waals surface area (Å²) in [6, 6.07) is 65.9. The van der Waals surface area contributed by atoms with Gasteiger partial charge in [0.2, 0.25) is 0 Å². The van der Waals surface area contributed by atoms with Gasteiger partial charge < -0.3 is 13.7 Å². The molecule has 3 heterocycles. The second kappa shape index (κ2) is 11.8. The number of hydrogen-bond acceptors (Lipinski definition) is 2. The van der Waals surface area contributed by atoms with Crippen molar-refractivity contribution >= 4 is 65.4 Å². The molecule has 3 aromatic heterocycles. The van der Waals surface area contributed by atoms with E-state index in [2.05, 4.69) is 184 Å². The Morgan fingerprint density at radius 3 is 1.53 bits per heavy atom. The average Bonchev–Trinajstić information content (AvgIpc) is 3.89. The maximum Gasteiger partial charge on any atom is 0.0998 e. The molecule has 0 aliphatic rings. The fourth-order valence-corrected chi connectivity index (χ4v) is 8.75. The van der Waals surface area contributed by atoms with E-state index in [1.165, 1.54) is 10.8 Å². The number of nitrogens with zero attached hydrogens (tertiary/aromatic N) is 5. The van der Waals surface area contributed by atoms with Crippen molar-refractivity contribution in [3.63, 3.8) is 0 Å². The van der Waals surface area contributed by atoms with Gasteiger partial charge in [-0.3, -0.25) is 0 Å². The molecule has 254 valence electrons. The number of rotatable bonds is 4. The summed E-state index contributed by atoms with van der Waals surface area (Å²) >= 11 is 0. The van der Waals surface area contributed by atoms with Crippen molar-refractivity contribution in [2.75, 3.05) is 0 Å². The van der Waals surface area contributed by atoms with E-state index in [4.69, 9.17) is 0 Å². The summed E-state index contributed by atoms with van der Waals surface area (Å²) < 4.78 is 6.97. The van der Waals surface area contributed by atoms with Crippen molar-refractivity contribution in [2.45, 2.75) is 0 Å².